The third kappa shape index (κ3) is 6.57. The molecule has 0 aromatic heterocycles. The van der Waals surface area contributed by atoms with E-state index in [0.717, 1.165) is 47.1 Å². The first kappa shape index (κ1) is 30.2. The van der Waals surface area contributed by atoms with Crippen LogP contribution < -0.4 is 4.74 Å². The molecule has 0 saturated carbocycles. The van der Waals surface area contributed by atoms with Gasteiger partial charge in [0.1, 0.15) is 5.75 Å². The van der Waals surface area contributed by atoms with E-state index in [4.69, 9.17) is 14.2 Å². The van der Waals surface area contributed by atoms with Crippen LogP contribution in [0, 0.1) is 16.7 Å². The average Bonchev–Trinajstić information content (AvgIpc) is 3.07. The third-order valence-electron chi connectivity index (χ3n) is 8.37. The number of benzene rings is 4. The zero-order valence-corrected chi connectivity index (χ0v) is 24.9. The van der Waals surface area contributed by atoms with Crippen LogP contribution in [-0.2, 0) is 20.9 Å². The fourth-order valence-corrected chi connectivity index (χ4v) is 6.10. The van der Waals surface area contributed by atoms with E-state index in [2.05, 4.69) is 29.2 Å². The molecule has 0 N–H and O–H groups in total. The molecule has 0 spiro atoms. The fraction of sp³-hybridized carbons (Fsp3) is 0.333. The van der Waals surface area contributed by atoms with Gasteiger partial charge < -0.3 is 19.1 Å². The number of piperazine rings is 1. The number of ether oxygens (including phenoxy) is 3. The highest BCUT2D eigenvalue weighted by atomic mass is 16.5. The predicted octanol–water partition coefficient (Wildman–Crippen LogP) is 5.50. The number of nitrogens with zero attached hydrogens (tertiary/aromatic N) is 3. The van der Waals surface area contributed by atoms with Crippen LogP contribution in [0.5, 0.6) is 5.75 Å². The van der Waals surface area contributed by atoms with Gasteiger partial charge in [-0.3, -0.25) is 9.69 Å². The van der Waals surface area contributed by atoms with Crippen LogP contribution in [0.15, 0.2) is 97.1 Å². The van der Waals surface area contributed by atoms with Crippen molar-refractivity contribution in [2.24, 2.45) is 5.41 Å². The molecular formula is C36H39N3O4. The molecule has 7 heteroatoms. The summed E-state index contributed by atoms with van der Waals surface area (Å²) in [7, 11) is 3.32. The SMILES string of the molecule is COCCN1CCN(C(=O)C(C#N)(COCc2ccccc2)C(c2ccccc2OC)c2cccc3ccccc23)CC1. The summed E-state index contributed by atoms with van der Waals surface area (Å²) < 4.78 is 17.5. The lowest BCUT2D eigenvalue weighted by atomic mass is 9.67. The Balaban J connectivity index is 1.63. The van der Waals surface area contributed by atoms with Gasteiger partial charge in [-0.05, 0) is 28.0 Å². The number of carbonyl (C=O) groups excluding carboxylic acids is 1. The van der Waals surface area contributed by atoms with Gasteiger partial charge in [0.05, 0.1) is 33.0 Å². The van der Waals surface area contributed by atoms with E-state index < -0.39 is 11.3 Å². The number of nitriles is 1. The minimum atomic E-state index is -1.57. The summed E-state index contributed by atoms with van der Waals surface area (Å²) in [5, 5.41) is 13.3. The molecule has 5 rings (SSSR count). The molecule has 1 saturated heterocycles. The summed E-state index contributed by atoms with van der Waals surface area (Å²) >= 11 is 0. The van der Waals surface area contributed by atoms with E-state index in [-0.39, 0.29) is 19.1 Å². The fourth-order valence-electron chi connectivity index (χ4n) is 6.10. The largest absolute Gasteiger partial charge is 0.496 e. The van der Waals surface area contributed by atoms with Gasteiger partial charge in [-0.15, -0.1) is 0 Å². The molecule has 222 valence electrons. The highest BCUT2D eigenvalue weighted by molar-refractivity contribution is 5.92. The molecule has 7 nitrogen and oxygen atoms in total. The van der Waals surface area contributed by atoms with Crippen molar-refractivity contribution < 1.29 is 19.0 Å². The first-order valence-corrected chi connectivity index (χ1v) is 14.8. The summed E-state index contributed by atoms with van der Waals surface area (Å²) in [6.07, 6.45) is 0. The summed E-state index contributed by atoms with van der Waals surface area (Å²) in [6, 6.07) is 34.3. The zero-order valence-electron chi connectivity index (χ0n) is 24.9. The number of hydrogen-bond acceptors (Lipinski definition) is 6. The van der Waals surface area contributed by atoms with Crippen LogP contribution in [-0.4, -0.2) is 75.9 Å². The van der Waals surface area contributed by atoms with Crippen molar-refractivity contribution in [1.29, 1.82) is 5.26 Å². The number of methoxy groups -OCH3 is 2. The average molecular weight is 578 g/mol. The van der Waals surface area contributed by atoms with Crippen LogP contribution in [0.4, 0.5) is 0 Å². The Morgan fingerprint density at radius 3 is 2.28 bits per heavy atom. The van der Waals surface area contributed by atoms with Gasteiger partial charge in [0.25, 0.3) is 0 Å². The molecular weight excluding hydrogens is 538 g/mol. The summed E-state index contributed by atoms with van der Waals surface area (Å²) in [6.45, 7) is 4.15. The van der Waals surface area contributed by atoms with Crippen molar-refractivity contribution in [3.8, 4) is 11.8 Å². The van der Waals surface area contributed by atoms with Crippen molar-refractivity contribution >= 4 is 16.7 Å². The van der Waals surface area contributed by atoms with Gasteiger partial charge in [-0.2, -0.15) is 5.26 Å². The summed E-state index contributed by atoms with van der Waals surface area (Å²) in [5.74, 6) is -0.256. The Labute approximate surface area is 254 Å². The van der Waals surface area contributed by atoms with Crippen LogP contribution in [0.25, 0.3) is 10.8 Å². The second kappa shape index (κ2) is 14.3. The molecule has 4 aromatic carbocycles. The predicted molar refractivity (Wildman–Crippen MR) is 168 cm³/mol. The first-order valence-electron chi connectivity index (χ1n) is 14.8. The maximum atomic E-state index is 14.9. The van der Waals surface area contributed by atoms with E-state index in [1.165, 1.54) is 0 Å². The minimum absolute atomic E-state index is 0.0763. The quantitative estimate of drug-likeness (QED) is 0.222. The number of hydrogen-bond donors (Lipinski definition) is 0. The number of para-hydroxylation sites is 1. The number of amides is 1. The molecule has 1 fully saturated rings. The number of rotatable bonds is 12. The second-order valence-electron chi connectivity index (χ2n) is 10.9. The van der Waals surface area contributed by atoms with Crippen molar-refractivity contribution in [3.63, 3.8) is 0 Å². The molecule has 0 aliphatic carbocycles. The Morgan fingerprint density at radius 1 is 0.860 bits per heavy atom. The molecule has 1 aliphatic rings. The van der Waals surface area contributed by atoms with Crippen molar-refractivity contribution in [2.75, 3.05) is 60.2 Å². The molecule has 4 aromatic rings. The topological polar surface area (TPSA) is 75.0 Å². The standard InChI is InChI=1S/C36H39N3O4/c1-41-24-23-38-19-21-39(22-20-38)35(40)36(26-37,27-43-25-28-11-4-3-5-12-28)34(32-16-8-9-18-33(32)42-2)31-17-10-14-29-13-6-7-15-30(29)31/h3-18,34H,19-25,27H2,1-2H3. The van der Waals surface area contributed by atoms with Crippen LogP contribution in [0.1, 0.15) is 22.6 Å². The Kier molecular flexibility index (Phi) is 10.1. The van der Waals surface area contributed by atoms with Gasteiger partial charge in [-0.1, -0.05) is 91.0 Å². The molecule has 1 aliphatic heterocycles. The Morgan fingerprint density at radius 2 is 1.53 bits per heavy atom. The molecule has 2 atom stereocenters. The molecule has 0 bridgehead atoms. The Hall–Kier alpha value is -4.22. The Bertz CT molecular complexity index is 1540. The molecule has 0 radical (unpaired) electrons. The normalized spacial score (nSPS) is 15.9. The molecule has 43 heavy (non-hydrogen) atoms. The number of fused-ring (bicyclic) bond motifs is 1. The lowest BCUT2D eigenvalue weighted by molar-refractivity contribution is -0.145. The lowest BCUT2D eigenvalue weighted by Crippen LogP contribution is -2.56. The number of carbonyl (C=O) groups is 1. The molecule has 2 unspecified atom stereocenters. The van der Waals surface area contributed by atoms with Gasteiger partial charge in [0.2, 0.25) is 5.91 Å². The van der Waals surface area contributed by atoms with E-state index in [0.29, 0.717) is 25.4 Å². The minimum Gasteiger partial charge on any atom is -0.496 e. The monoisotopic (exact) mass is 577 g/mol. The summed E-state index contributed by atoms with van der Waals surface area (Å²) in [5.41, 5.74) is 1.08. The molecule has 1 heterocycles. The van der Waals surface area contributed by atoms with Crippen LogP contribution in [0.3, 0.4) is 0 Å². The molecule has 1 amide bonds. The van der Waals surface area contributed by atoms with Crippen molar-refractivity contribution in [2.45, 2.75) is 12.5 Å². The van der Waals surface area contributed by atoms with E-state index in [1.807, 2.05) is 83.8 Å². The van der Waals surface area contributed by atoms with Crippen LogP contribution in [0.2, 0.25) is 0 Å². The van der Waals surface area contributed by atoms with E-state index in [1.54, 1.807) is 14.2 Å². The lowest BCUT2D eigenvalue weighted by Gasteiger charge is -2.42. The zero-order chi connectivity index (χ0) is 30.1. The van der Waals surface area contributed by atoms with Crippen LogP contribution >= 0.6 is 0 Å². The highest BCUT2D eigenvalue weighted by Crippen LogP contribution is 2.48. The summed E-state index contributed by atoms with van der Waals surface area (Å²) in [4.78, 5) is 19.0. The maximum absolute atomic E-state index is 14.9. The maximum Gasteiger partial charge on any atom is 0.246 e. The van der Waals surface area contributed by atoms with E-state index >= 15 is 0 Å². The smallest absolute Gasteiger partial charge is 0.246 e. The first-order chi connectivity index (χ1) is 21.1. The van der Waals surface area contributed by atoms with E-state index in [9.17, 15) is 10.1 Å². The third-order valence-corrected chi connectivity index (χ3v) is 8.37. The van der Waals surface area contributed by atoms with Crippen molar-refractivity contribution in [1.82, 2.24) is 9.80 Å². The van der Waals surface area contributed by atoms with Gasteiger partial charge in [0.15, 0.2) is 5.41 Å². The van der Waals surface area contributed by atoms with Gasteiger partial charge >= 0.3 is 0 Å². The van der Waals surface area contributed by atoms with Crippen molar-refractivity contribution in [3.05, 3.63) is 114 Å². The van der Waals surface area contributed by atoms with Gasteiger partial charge in [0, 0.05) is 51.3 Å². The second-order valence-corrected chi connectivity index (χ2v) is 10.9. The van der Waals surface area contributed by atoms with Gasteiger partial charge in [-0.25, -0.2) is 0 Å². The highest BCUT2D eigenvalue weighted by Gasteiger charge is 2.52.